The highest BCUT2D eigenvalue weighted by molar-refractivity contribution is 6.34. The van der Waals surface area contributed by atoms with Gasteiger partial charge < -0.3 is 10.2 Å². The van der Waals surface area contributed by atoms with E-state index in [2.05, 4.69) is 5.32 Å². The van der Waals surface area contributed by atoms with Crippen LogP contribution >= 0.6 is 11.6 Å². The summed E-state index contributed by atoms with van der Waals surface area (Å²) in [6.45, 7) is 1.83. The Morgan fingerprint density at radius 2 is 1.91 bits per heavy atom. The van der Waals surface area contributed by atoms with Crippen LogP contribution in [0.5, 0.6) is 0 Å². The lowest BCUT2D eigenvalue weighted by Gasteiger charge is -2.16. The molecule has 0 aliphatic heterocycles. The Bertz CT molecular complexity index is 775. The highest BCUT2D eigenvalue weighted by Crippen LogP contribution is 2.36. The molecular weight excluding hydrogens is 318 g/mol. The summed E-state index contributed by atoms with van der Waals surface area (Å²) < 4.78 is 0. The number of nitrogens with one attached hydrogen (secondary N) is 1. The molecule has 2 aromatic rings. The molecule has 0 heterocycles. The molecule has 2 aromatic carbocycles. The number of carbonyl (C=O) groups excluding carboxylic acids is 1. The van der Waals surface area contributed by atoms with Gasteiger partial charge in [0.1, 0.15) is 5.69 Å². The molecule has 0 bridgehead atoms. The third-order valence-electron chi connectivity index (χ3n) is 3.38. The third-order valence-corrected chi connectivity index (χ3v) is 3.69. The first-order chi connectivity index (χ1) is 10.8. The highest BCUT2D eigenvalue weighted by atomic mass is 35.5. The van der Waals surface area contributed by atoms with Gasteiger partial charge in [0, 0.05) is 25.7 Å². The predicted molar refractivity (Wildman–Crippen MR) is 91.6 cm³/mol. The van der Waals surface area contributed by atoms with Gasteiger partial charge in [-0.2, -0.15) is 0 Å². The van der Waals surface area contributed by atoms with Gasteiger partial charge in [-0.3, -0.25) is 14.9 Å². The first-order valence-electron chi connectivity index (χ1n) is 6.83. The topological polar surface area (TPSA) is 75.5 Å². The predicted octanol–water partition coefficient (Wildman–Crippen LogP) is 3.87. The van der Waals surface area contributed by atoms with Gasteiger partial charge in [0.05, 0.1) is 15.6 Å². The zero-order valence-corrected chi connectivity index (χ0v) is 13.7. The summed E-state index contributed by atoms with van der Waals surface area (Å²) in [6.07, 6.45) is 0. The van der Waals surface area contributed by atoms with Crippen molar-refractivity contribution in [2.45, 2.75) is 6.92 Å². The molecule has 2 rings (SSSR count). The molecule has 7 heteroatoms. The largest absolute Gasteiger partial charge is 0.372 e. The second-order valence-electron chi connectivity index (χ2n) is 5.24. The molecule has 0 aliphatic carbocycles. The smallest absolute Gasteiger partial charge is 0.294 e. The third kappa shape index (κ3) is 3.60. The van der Waals surface area contributed by atoms with E-state index in [0.717, 1.165) is 5.56 Å². The SMILES string of the molecule is Cc1ccccc1C(=O)Nc1cc(N(C)C)c([N+](=O)[O-])cc1Cl. The van der Waals surface area contributed by atoms with E-state index < -0.39 is 4.92 Å². The van der Waals surface area contributed by atoms with Gasteiger partial charge in [-0.15, -0.1) is 0 Å². The second-order valence-corrected chi connectivity index (χ2v) is 5.65. The quantitative estimate of drug-likeness (QED) is 0.680. The Balaban J connectivity index is 2.41. The molecule has 0 spiro atoms. The fourth-order valence-corrected chi connectivity index (χ4v) is 2.37. The number of aryl methyl sites for hydroxylation is 1. The summed E-state index contributed by atoms with van der Waals surface area (Å²) in [5.41, 5.74) is 1.92. The summed E-state index contributed by atoms with van der Waals surface area (Å²) in [4.78, 5) is 24.6. The van der Waals surface area contributed by atoms with E-state index in [1.807, 2.05) is 19.1 Å². The molecule has 1 amide bonds. The zero-order valence-electron chi connectivity index (χ0n) is 13.0. The van der Waals surface area contributed by atoms with E-state index in [4.69, 9.17) is 11.6 Å². The fraction of sp³-hybridized carbons (Fsp3) is 0.188. The number of anilines is 2. The van der Waals surface area contributed by atoms with E-state index in [1.165, 1.54) is 12.1 Å². The van der Waals surface area contributed by atoms with E-state index >= 15 is 0 Å². The molecule has 6 nitrogen and oxygen atoms in total. The van der Waals surface area contributed by atoms with Crippen molar-refractivity contribution < 1.29 is 9.72 Å². The van der Waals surface area contributed by atoms with Crippen LogP contribution in [0.1, 0.15) is 15.9 Å². The number of halogens is 1. The molecule has 0 aliphatic rings. The lowest BCUT2D eigenvalue weighted by molar-refractivity contribution is -0.384. The molecule has 120 valence electrons. The van der Waals surface area contributed by atoms with Crippen LogP contribution in [-0.2, 0) is 0 Å². The van der Waals surface area contributed by atoms with E-state index in [-0.39, 0.29) is 16.6 Å². The maximum absolute atomic E-state index is 12.4. The Morgan fingerprint density at radius 1 is 1.26 bits per heavy atom. The van der Waals surface area contributed by atoms with Crippen molar-refractivity contribution in [2.24, 2.45) is 0 Å². The van der Waals surface area contributed by atoms with Crippen molar-refractivity contribution in [3.05, 3.63) is 62.7 Å². The molecule has 0 unspecified atom stereocenters. The molecule has 0 atom stereocenters. The van der Waals surface area contributed by atoms with Gasteiger partial charge >= 0.3 is 0 Å². The number of benzene rings is 2. The summed E-state index contributed by atoms with van der Waals surface area (Å²) in [5.74, 6) is -0.316. The number of nitro groups is 1. The van der Waals surface area contributed by atoms with Crippen LogP contribution < -0.4 is 10.2 Å². The first-order valence-corrected chi connectivity index (χ1v) is 7.21. The molecule has 0 saturated carbocycles. The minimum absolute atomic E-state index is 0.115. The zero-order chi connectivity index (χ0) is 17.1. The van der Waals surface area contributed by atoms with Crippen LogP contribution in [-0.4, -0.2) is 24.9 Å². The van der Waals surface area contributed by atoms with Crippen molar-refractivity contribution in [1.82, 2.24) is 0 Å². The first kappa shape index (κ1) is 16.8. The molecule has 23 heavy (non-hydrogen) atoms. The molecule has 0 fully saturated rings. The molecular formula is C16H16ClN3O3. The number of rotatable bonds is 4. The van der Waals surface area contributed by atoms with Gasteiger partial charge in [0.25, 0.3) is 11.6 Å². The van der Waals surface area contributed by atoms with Crippen LogP contribution in [0.25, 0.3) is 0 Å². The van der Waals surface area contributed by atoms with Crippen LogP contribution in [0, 0.1) is 17.0 Å². The van der Waals surface area contributed by atoms with Crippen molar-refractivity contribution in [1.29, 1.82) is 0 Å². The summed E-state index contributed by atoms with van der Waals surface area (Å²) in [5, 5.41) is 13.9. The minimum atomic E-state index is -0.506. The lowest BCUT2D eigenvalue weighted by Crippen LogP contribution is -2.16. The van der Waals surface area contributed by atoms with Crippen molar-refractivity contribution in [2.75, 3.05) is 24.3 Å². The van der Waals surface area contributed by atoms with Gasteiger partial charge in [0.15, 0.2) is 0 Å². The van der Waals surface area contributed by atoms with Crippen molar-refractivity contribution >= 4 is 34.6 Å². The Labute approximate surface area is 138 Å². The Morgan fingerprint density at radius 3 is 2.48 bits per heavy atom. The monoisotopic (exact) mass is 333 g/mol. The average molecular weight is 334 g/mol. The van der Waals surface area contributed by atoms with E-state index in [1.54, 1.807) is 31.1 Å². The van der Waals surface area contributed by atoms with Gasteiger partial charge in [-0.1, -0.05) is 29.8 Å². The standard InChI is InChI=1S/C16H16ClN3O3/c1-10-6-4-5-7-11(10)16(21)18-13-9-14(19(2)3)15(20(22)23)8-12(13)17/h4-9H,1-3H3,(H,18,21). The van der Waals surface area contributed by atoms with E-state index in [9.17, 15) is 14.9 Å². The van der Waals surface area contributed by atoms with Crippen LogP contribution in [0.15, 0.2) is 36.4 Å². The number of nitro benzene ring substituents is 1. The average Bonchev–Trinajstić information content (AvgIpc) is 2.48. The van der Waals surface area contributed by atoms with Crippen molar-refractivity contribution in [3.63, 3.8) is 0 Å². The van der Waals surface area contributed by atoms with Gasteiger partial charge in [-0.05, 0) is 24.6 Å². The second kappa shape index (κ2) is 6.66. The number of amides is 1. The van der Waals surface area contributed by atoms with E-state index in [0.29, 0.717) is 16.9 Å². The maximum Gasteiger partial charge on any atom is 0.294 e. The maximum atomic E-state index is 12.4. The molecule has 0 aromatic heterocycles. The van der Waals surface area contributed by atoms with Crippen LogP contribution in [0.4, 0.5) is 17.1 Å². The highest BCUT2D eigenvalue weighted by Gasteiger charge is 2.20. The lowest BCUT2D eigenvalue weighted by atomic mass is 10.1. The summed E-state index contributed by atoms with van der Waals surface area (Å²) in [7, 11) is 3.37. The van der Waals surface area contributed by atoms with Crippen molar-refractivity contribution in [3.8, 4) is 0 Å². The molecule has 1 N–H and O–H groups in total. The van der Waals surface area contributed by atoms with Gasteiger partial charge in [-0.25, -0.2) is 0 Å². The number of nitrogens with zero attached hydrogens (tertiary/aromatic N) is 2. The molecule has 0 saturated heterocycles. The minimum Gasteiger partial charge on any atom is -0.372 e. The number of carbonyl (C=O) groups is 1. The normalized spacial score (nSPS) is 10.3. The van der Waals surface area contributed by atoms with Gasteiger partial charge in [0.2, 0.25) is 0 Å². The summed E-state index contributed by atoms with van der Waals surface area (Å²) >= 11 is 6.08. The summed E-state index contributed by atoms with van der Waals surface area (Å²) in [6, 6.07) is 9.88. The number of hydrogen-bond acceptors (Lipinski definition) is 4. The van der Waals surface area contributed by atoms with Crippen LogP contribution in [0.3, 0.4) is 0 Å². The Hall–Kier alpha value is -2.60. The Kier molecular flexibility index (Phi) is 4.86. The van der Waals surface area contributed by atoms with Crippen LogP contribution in [0.2, 0.25) is 5.02 Å². The number of hydrogen-bond donors (Lipinski definition) is 1. The fourth-order valence-electron chi connectivity index (χ4n) is 2.17. The molecule has 0 radical (unpaired) electrons.